The van der Waals surface area contributed by atoms with E-state index in [1.807, 2.05) is 12.3 Å². The van der Waals surface area contributed by atoms with Gasteiger partial charge in [0.1, 0.15) is 0 Å². The van der Waals surface area contributed by atoms with Gasteiger partial charge in [0, 0.05) is 37.1 Å². The number of amides is 1. The molecule has 7 heteroatoms. The lowest BCUT2D eigenvalue weighted by Crippen LogP contribution is -2.46. The number of aliphatic hydroxyl groups is 1. The van der Waals surface area contributed by atoms with Crippen molar-refractivity contribution in [1.82, 2.24) is 9.47 Å². The fourth-order valence-corrected chi connectivity index (χ4v) is 3.04. The van der Waals surface area contributed by atoms with Gasteiger partial charge in [-0.3, -0.25) is 9.59 Å². The van der Waals surface area contributed by atoms with Crippen LogP contribution >= 0.6 is 11.3 Å². The van der Waals surface area contributed by atoms with Gasteiger partial charge in [0.2, 0.25) is 5.91 Å². The number of nitrogens with zero attached hydrogens (tertiary/aromatic N) is 2. The van der Waals surface area contributed by atoms with Crippen molar-refractivity contribution in [3.8, 4) is 0 Å². The van der Waals surface area contributed by atoms with Crippen molar-refractivity contribution in [3.63, 3.8) is 0 Å². The molecule has 1 N–H and O–H groups in total. The highest BCUT2D eigenvalue weighted by Gasteiger charge is 2.23. The zero-order valence-corrected chi connectivity index (χ0v) is 12.4. The molecule has 1 aromatic rings. The number of aromatic nitrogens is 1. The van der Waals surface area contributed by atoms with Crippen molar-refractivity contribution >= 4 is 17.2 Å². The number of hydrogen-bond donors (Lipinski definition) is 1. The summed E-state index contributed by atoms with van der Waals surface area (Å²) in [5, 5.41) is 10.9. The van der Waals surface area contributed by atoms with E-state index in [0.29, 0.717) is 39.1 Å². The highest BCUT2D eigenvalue weighted by atomic mass is 32.1. The van der Waals surface area contributed by atoms with E-state index in [-0.39, 0.29) is 23.5 Å². The molecule has 112 valence electrons. The molecule has 0 spiro atoms. The third-order valence-corrected chi connectivity index (χ3v) is 4.32. The second-order valence-electron chi connectivity index (χ2n) is 4.91. The first kappa shape index (κ1) is 15.2. The van der Waals surface area contributed by atoms with Crippen LogP contribution in [0.15, 0.2) is 10.2 Å². The number of carbonyl (C=O) groups excluding carboxylic acids is 1. The van der Waals surface area contributed by atoms with E-state index in [1.54, 1.807) is 9.47 Å². The molecule has 0 aliphatic carbocycles. The SMILES string of the molecule is Cc1csc(=O)n1CCCC(=O)N1CCOC(CO)C1. The summed E-state index contributed by atoms with van der Waals surface area (Å²) < 4.78 is 7.02. The fraction of sp³-hybridized carbons (Fsp3) is 0.692. The summed E-state index contributed by atoms with van der Waals surface area (Å²) in [6.45, 7) is 3.91. The van der Waals surface area contributed by atoms with Gasteiger partial charge in [0.15, 0.2) is 0 Å². The van der Waals surface area contributed by atoms with Crippen LogP contribution in [-0.2, 0) is 16.1 Å². The number of ether oxygens (including phenoxy) is 1. The van der Waals surface area contributed by atoms with Crippen molar-refractivity contribution in [2.75, 3.05) is 26.3 Å². The van der Waals surface area contributed by atoms with Crippen LogP contribution in [0, 0.1) is 6.92 Å². The number of aryl methyl sites for hydroxylation is 1. The smallest absolute Gasteiger partial charge is 0.307 e. The molecule has 1 amide bonds. The Morgan fingerprint density at radius 2 is 2.40 bits per heavy atom. The molecule has 1 fully saturated rings. The Bertz CT molecular complexity index is 511. The van der Waals surface area contributed by atoms with Gasteiger partial charge >= 0.3 is 4.87 Å². The normalized spacial score (nSPS) is 19.3. The van der Waals surface area contributed by atoms with Gasteiger partial charge in [0.25, 0.3) is 0 Å². The number of thiazole rings is 1. The Morgan fingerprint density at radius 1 is 1.60 bits per heavy atom. The lowest BCUT2D eigenvalue weighted by Gasteiger charge is -2.32. The Morgan fingerprint density at radius 3 is 3.05 bits per heavy atom. The number of morpholine rings is 1. The highest BCUT2D eigenvalue weighted by molar-refractivity contribution is 7.07. The number of aliphatic hydroxyl groups excluding tert-OH is 1. The molecular formula is C13H20N2O4S. The van der Waals surface area contributed by atoms with Crippen LogP contribution in [0.2, 0.25) is 0 Å². The van der Waals surface area contributed by atoms with E-state index in [0.717, 1.165) is 5.69 Å². The van der Waals surface area contributed by atoms with E-state index in [9.17, 15) is 9.59 Å². The van der Waals surface area contributed by atoms with E-state index >= 15 is 0 Å². The summed E-state index contributed by atoms with van der Waals surface area (Å²) in [6, 6.07) is 0. The number of hydrogen-bond acceptors (Lipinski definition) is 5. The Hall–Kier alpha value is -1.18. The summed E-state index contributed by atoms with van der Waals surface area (Å²) in [6.07, 6.45) is 0.798. The van der Waals surface area contributed by atoms with Crippen molar-refractivity contribution in [1.29, 1.82) is 0 Å². The molecule has 0 aromatic carbocycles. The third-order valence-electron chi connectivity index (χ3n) is 3.44. The van der Waals surface area contributed by atoms with Crippen molar-refractivity contribution in [2.45, 2.75) is 32.4 Å². The van der Waals surface area contributed by atoms with E-state index in [2.05, 4.69) is 0 Å². The molecule has 0 saturated carbocycles. The van der Waals surface area contributed by atoms with Gasteiger partial charge in [-0.05, 0) is 13.3 Å². The van der Waals surface area contributed by atoms with Crippen LogP contribution in [0.1, 0.15) is 18.5 Å². The molecule has 1 saturated heterocycles. The quantitative estimate of drug-likeness (QED) is 0.844. The molecule has 0 bridgehead atoms. The predicted molar refractivity (Wildman–Crippen MR) is 76.0 cm³/mol. The largest absolute Gasteiger partial charge is 0.394 e. The molecule has 6 nitrogen and oxygen atoms in total. The van der Waals surface area contributed by atoms with Crippen LogP contribution in [0.3, 0.4) is 0 Å². The average molecular weight is 300 g/mol. The lowest BCUT2D eigenvalue weighted by atomic mass is 10.2. The van der Waals surface area contributed by atoms with E-state index in [4.69, 9.17) is 9.84 Å². The van der Waals surface area contributed by atoms with Gasteiger partial charge in [-0.2, -0.15) is 0 Å². The standard InChI is InChI=1S/C13H20N2O4S/c1-10-9-20-13(18)15(10)4-2-3-12(17)14-5-6-19-11(7-14)8-16/h9,11,16H,2-8H2,1H3. The molecule has 20 heavy (non-hydrogen) atoms. The zero-order valence-electron chi connectivity index (χ0n) is 11.6. The summed E-state index contributed by atoms with van der Waals surface area (Å²) in [7, 11) is 0. The minimum atomic E-state index is -0.269. The molecule has 1 aliphatic heterocycles. The topological polar surface area (TPSA) is 71.8 Å². The monoisotopic (exact) mass is 300 g/mol. The molecule has 2 rings (SSSR count). The molecule has 0 radical (unpaired) electrons. The first-order valence-electron chi connectivity index (χ1n) is 6.77. The van der Waals surface area contributed by atoms with Gasteiger partial charge < -0.3 is 19.3 Å². The minimum Gasteiger partial charge on any atom is -0.394 e. The van der Waals surface area contributed by atoms with Gasteiger partial charge in [0.05, 0.1) is 19.3 Å². The molecule has 2 heterocycles. The van der Waals surface area contributed by atoms with Gasteiger partial charge in [-0.25, -0.2) is 0 Å². The predicted octanol–water partition coefficient (Wildman–Crippen LogP) is 0.218. The number of carbonyl (C=O) groups is 1. The van der Waals surface area contributed by atoms with E-state index in [1.165, 1.54) is 11.3 Å². The first-order valence-corrected chi connectivity index (χ1v) is 7.65. The summed E-state index contributed by atoms with van der Waals surface area (Å²) in [5.41, 5.74) is 0.944. The van der Waals surface area contributed by atoms with Crippen LogP contribution in [0.5, 0.6) is 0 Å². The summed E-state index contributed by atoms with van der Waals surface area (Å²) in [5.74, 6) is 0.0627. The molecular weight excluding hydrogens is 280 g/mol. The maximum Gasteiger partial charge on any atom is 0.307 e. The van der Waals surface area contributed by atoms with E-state index < -0.39 is 0 Å². The zero-order chi connectivity index (χ0) is 14.5. The fourth-order valence-electron chi connectivity index (χ4n) is 2.28. The van der Waals surface area contributed by atoms with Gasteiger partial charge in [-0.1, -0.05) is 11.3 Å². The summed E-state index contributed by atoms with van der Waals surface area (Å²) in [4.78, 5) is 25.4. The Balaban J connectivity index is 1.79. The highest BCUT2D eigenvalue weighted by Crippen LogP contribution is 2.09. The van der Waals surface area contributed by atoms with Crippen molar-refractivity contribution < 1.29 is 14.6 Å². The van der Waals surface area contributed by atoms with Crippen LogP contribution in [-0.4, -0.2) is 52.9 Å². The van der Waals surface area contributed by atoms with Crippen molar-refractivity contribution in [3.05, 3.63) is 20.7 Å². The summed E-state index contributed by atoms with van der Waals surface area (Å²) >= 11 is 1.19. The average Bonchev–Trinajstić information content (AvgIpc) is 2.79. The minimum absolute atomic E-state index is 0.0293. The van der Waals surface area contributed by atoms with Gasteiger partial charge in [-0.15, -0.1) is 0 Å². The Kier molecular flexibility index (Phi) is 5.33. The van der Waals surface area contributed by atoms with Crippen LogP contribution in [0.25, 0.3) is 0 Å². The second-order valence-corrected chi connectivity index (χ2v) is 5.73. The first-order chi connectivity index (χ1) is 9.61. The maximum atomic E-state index is 12.1. The van der Waals surface area contributed by atoms with Crippen LogP contribution < -0.4 is 4.87 Å². The molecule has 1 unspecified atom stereocenters. The Labute approximate surface area is 121 Å². The van der Waals surface area contributed by atoms with Crippen molar-refractivity contribution in [2.24, 2.45) is 0 Å². The molecule has 1 aliphatic rings. The van der Waals surface area contributed by atoms with Crippen LogP contribution in [0.4, 0.5) is 0 Å². The second kappa shape index (κ2) is 7.01. The lowest BCUT2D eigenvalue weighted by molar-refractivity contribution is -0.140. The third kappa shape index (κ3) is 3.68. The molecule has 1 atom stereocenters. The maximum absolute atomic E-state index is 12.1. The number of rotatable bonds is 5. The molecule has 1 aromatic heterocycles.